The molecule has 24 heavy (non-hydrogen) atoms. The lowest BCUT2D eigenvalue weighted by Crippen LogP contribution is -2.30. The molecule has 0 aliphatic carbocycles. The Morgan fingerprint density at radius 3 is 2.58 bits per heavy atom. The van der Waals surface area contributed by atoms with E-state index in [0.29, 0.717) is 19.6 Å². The zero-order chi connectivity index (χ0) is 17.5. The number of thiazole rings is 1. The lowest BCUT2D eigenvalue weighted by molar-refractivity contribution is -0.384. The third-order valence-electron chi connectivity index (χ3n) is 3.39. The van der Waals surface area contributed by atoms with Crippen molar-refractivity contribution in [1.82, 2.24) is 9.88 Å². The van der Waals surface area contributed by atoms with Gasteiger partial charge in [0.25, 0.3) is 5.69 Å². The Morgan fingerprint density at radius 1 is 1.29 bits per heavy atom. The molecule has 2 rings (SSSR count). The van der Waals surface area contributed by atoms with Gasteiger partial charge in [-0.05, 0) is 19.1 Å². The first-order chi connectivity index (χ1) is 11.5. The number of hydrogen-bond donors (Lipinski definition) is 2. The standard InChI is InChI=1S/C15H18N4O4S/c1-11-10-24-15(21)18(11)9-6-14(20)17-8-7-16-12-2-4-13(5-3-12)19(22)23/h2-5,10,16H,6-9H2,1H3,(H,17,20). The second kappa shape index (κ2) is 8.25. The molecule has 0 unspecified atom stereocenters. The summed E-state index contributed by atoms with van der Waals surface area (Å²) in [6, 6.07) is 6.07. The Bertz CT molecular complexity index is 767. The van der Waals surface area contributed by atoms with Gasteiger partial charge in [0.05, 0.1) is 4.92 Å². The smallest absolute Gasteiger partial charge is 0.307 e. The number of hydrogen-bond acceptors (Lipinski definition) is 6. The highest BCUT2D eigenvalue weighted by Crippen LogP contribution is 2.14. The molecular weight excluding hydrogens is 332 g/mol. The van der Waals surface area contributed by atoms with Gasteiger partial charge in [-0.15, -0.1) is 0 Å². The number of nitro groups is 1. The zero-order valence-electron chi connectivity index (χ0n) is 13.2. The number of non-ortho nitro benzene ring substituents is 1. The summed E-state index contributed by atoms with van der Waals surface area (Å²) < 4.78 is 1.58. The number of amides is 1. The molecule has 1 aromatic heterocycles. The van der Waals surface area contributed by atoms with Crippen molar-refractivity contribution < 1.29 is 9.72 Å². The van der Waals surface area contributed by atoms with Crippen LogP contribution in [0.5, 0.6) is 0 Å². The van der Waals surface area contributed by atoms with Gasteiger partial charge in [-0.1, -0.05) is 11.3 Å². The van der Waals surface area contributed by atoms with E-state index in [4.69, 9.17) is 0 Å². The van der Waals surface area contributed by atoms with Crippen LogP contribution >= 0.6 is 11.3 Å². The lowest BCUT2D eigenvalue weighted by atomic mass is 10.3. The van der Waals surface area contributed by atoms with Crippen LogP contribution in [-0.2, 0) is 11.3 Å². The molecule has 1 heterocycles. The molecule has 1 amide bonds. The third kappa shape index (κ3) is 4.92. The predicted molar refractivity (Wildman–Crippen MR) is 92.5 cm³/mol. The van der Waals surface area contributed by atoms with Gasteiger partial charge in [0.1, 0.15) is 0 Å². The first-order valence-electron chi connectivity index (χ1n) is 7.37. The average molecular weight is 350 g/mol. The number of carbonyl (C=O) groups is 1. The molecule has 0 fully saturated rings. The minimum absolute atomic E-state index is 0.0350. The molecule has 8 nitrogen and oxygen atoms in total. The van der Waals surface area contributed by atoms with Gasteiger partial charge in [0, 0.05) is 54.9 Å². The van der Waals surface area contributed by atoms with Crippen molar-refractivity contribution in [3.63, 3.8) is 0 Å². The van der Waals surface area contributed by atoms with Gasteiger partial charge in [0.15, 0.2) is 0 Å². The number of nitro benzene ring substituents is 1. The van der Waals surface area contributed by atoms with Crippen LogP contribution in [0.3, 0.4) is 0 Å². The average Bonchev–Trinajstić information content (AvgIpc) is 2.88. The van der Waals surface area contributed by atoms with Gasteiger partial charge in [-0.3, -0.25) is 19.7 Å². The van der Waals surface area contributed by atoms with Gasteiger partial charge in [0.2, 0.25) is 5.91 Å². The fourth-order valence-corrected chi connectivity index (χ4v) is 2.85. The number of nitrogens with zero attached hydrogens (tertiary/aromatic N) is 2. The van der Waals surface area contributed by atoms with E-state index < -0.39 is 4.92 Å². The SMILES string of the molecule is Cc1csc(=O)n1CCC(=O)NCCNc1ccc([N+](=O)[O-])cc1. The fraction of sp³-hybridized carbons (Fsp3) is 0.333. The van der Waals surface area contributed by atoms with E-state index in [1.165, 1.54) is 12.1 Å². The zero-order valence-corrected chi connectivity index (χ0v) is 14.0. The van der Waals surface area contributed by atoms with Crippen molar-refractivity contribution in [2.75, 3.05) is 18.4 Å². The summed E-state index contributed by atoms with van der Waals surface area (Å²) in [6.45, 7) is 3.13. The molecule has 2 aromatic rings. The minimum Gasteiger partial charge on any atom is -0.383 e. The summed E-state index contributed by atoms with van der Waals surface area (Å²) in [6.07, 6.45) is 0.245. The molecule has 0 bridgehead atoms. The monoisotopic (exact) mass is 350 g/mol. The molecule has 0 saturated heterocycles. The second-order valence-electron chi connectivity index (χ2n) is 5.13. The van der Waals surface area contributed by atoms with E-state index in [-0.39, 0.29) is 22.9 Å². The maximum Gasteiger partial charge on any atom is 0.307 e. The van der Waals surface area contributed by atoms with Crippen molar-refractivity contribution in [3.8, 4) is 0 Å². The summed E-state index contributed by atoms with van der Waals surface area (Å²) >= 11 is 1.13. The molecule has 0 aliphatic heterocycles. The number of carbonyl (C=O) groups excluding carboxylic acids is 1. The molecule has 0 saturated carbocycles. The van der Waals surface area contributed by atoms with Gasteiger partial charge < -0.3 is 15.2 Å². The Kier molecular flexibility index (Phi) is 6.07. The normalized spacial score (nSPS) is 10.4. The van der Waals surface area contributed by atoms with Gasteiger partial charge in [-0.25, -0.2) is 0 Å². The predicted octanol–water partition coefficient (Wildman–Crippen LogP) is 1.74. The van der Waals surface area contributed by atoms with E-state index >= 15 is 0 Å². The minimum atomic E-state index is -0.454. The summed E-state index contributed by atoms with van der Waals surface area (Å²) in [4.78, 5) is 33.3. The first kappa shape index (κ1) is 17.7. The van der Waals surface area contributed by atoms with Crippen LogP contribution in [0.15, 0.2) is 34.4 Å². The number of aryl methyl sites for hydroxylation is 1. The van der Waals surface area contributed by atoms with Crippen molar-refractivity contribution in [3.05, 3.63) is 55.1 Å². The second-order valence-corrected chi connectivity index (χ2v) is 5.95. The fourth-order valence-electron chi connectivity index (χ4n) is 2.09. The van der Waals surface area contributed by atoms with Crippen molar-refractivity contribution >= 4 is 28.6 Å². The van der Waals surface area contributed by atoms with E-state index in [1.54, 1.807) is 22.1 Å². The van der Waals surface area contributed by atoms with Crippen molar-refractivity contribution in [2.45, 2.75) is 19.9 Å². The lowest BCUT2D eigenvalue weighted by Gasteiger charge is -2.08. The Morgan fingerprint density at radius 2 is 2.00 bits per heavy atom. The highest BCUT2D eigenvalue weighted by atomic mass is 32.1. The molecule has 0 radical (unpaired) electrons. The Labute approximate surface area is 142 Å². The Hall–Kier alpha value is -2.68. The van der Waals surface area contributed by atoms with Gasteiger partial charge >= 0.3 is 4.87 Å². The van der Waals surface area contributed by atoms with Crippen LogP contribution in [0.2, 0.25) is 0 Å². The Balaban J connectivity index is 1.67. The van der Waals surface area contributed by atoms with E-state index in [2.05, 4.69) is 10.6 Å². The summed E-state index contributed by atoms with van der Waals surface area (Å²) in [5.41, 5.74) is 1.64. The molecule has 0 spiro atoms. The van der Waals surface area contributed by atoms with Crippen molar-refractivity contribution in [1.29, 1.82) is 0 Å². The molecule has 0 aliphatic rings. The maximum absolute atomic E-state index is 11.8. The molecule has 0 atom stereocenters. The largest absolute Gasteiger partial charge is 0.383 e. The van der Waals surface area contributed by atoms with Crippen LogP contribution in [0.1, 0.15) is 12.1 Å². The van der Waals surface area contributed by atoms with Crippen LogP contribution in [0, 0.1) is 17.0 Å². The summed E-state index contributed by atoms with van der Waals surface area (Å²) in [7, 11) is 0. The molecular formula is C15H18N4O4S. The summed E-state index contributed by atoms with van der Waals surface area (Å²) in [5.74, 6) is -0.127. The highest BCUT2D eigenvalue weighted by molar-refractivity contribution is 7.07. The number of benzene rings is 1. The van der Waals surface area contributed by atoms with Crippen LogP contribution in [0.4, 0.5) is 11.4 Å². The van der Waals surface area contributed by atoms with Crippen LogP contribution in [-0.4, -0.2) is 28.5 Å². The van der Waals surface area contributed by atoms with Crippen LogP contribution < -0.4 is 15.5 Å². The number of rotatable bonds is 8. The van der Waals surface area contributed by atoms with E-state index in [1.807, 2.05) is 6.92 Å². The quantitative estimate of drug-likeness (QED) is 0.428. The van der Waals surface area contributed by atoms with Crippen molar-refractivity contribution in [2.24, 2.45) is 0 Å². The molecule has 1 aromatic carbocycles. The van der Waals surface area contributed by atoms with E-state index in [0.717, 1.165) is 22.7 Å². The number of anilines is 1. The van der Waals surface area contributed by atoms with Crippen LogP contribution in [0.25, 0.3) is 0 Å². The molecule has 2 N–H and O–H groups in total. The third-order valence-corrected chi connectivity index (χ3v) is 4.27. The molecule has 128 valence electrons. The van der Waals surface area contributed by atoms with E-state index in [9.17, 15) is 19.7 Å². The summed E-state index contributed by atoms with van der Waals surface area (Å²) in [5, 5.41) is 18.2. The maximum atomic E-state index is 11.8. The highest BCUT2D eigenvalue weighted by Gasteiger charge is 2.06. The van der Waals surface area contributed by atoms with Gasteiger partial charge in [-0.2, -0.15) is 0 Å². The number of nitrogens with one attached hydrogen (secondary N) is 2. The number of aromatic nitrogens is 1. The topological polar surface area (TPSA) is 106 Å². The first-order valence-corrected chi connectivity index (χ1v) is 8.25. The molecule has 9 heteroatoms.